The molecule has 0 amide bonds. The molecule has 5 aromatic rings. The van der Waals surface area contributed by atoms with Gasteiger partial charge in [-0.15, -0.1) is 22.7 Å². The number of benzene rings is 1. The van der Waals surface area contributed by atoms with Gasteiger partial charge in [0.05, 0.1) is 23.1 Å². The van der Waals surface area contributed by atoms with Gasteiger partial charge < -0.3 is 0 Å². The van der Waals surface area contributed by atoms with Crippen LogP contribution in [-0.2, 0) is 12.8 Å². The summed E-state index contributed by atoms with van der Waals surface area (Å²) >= 11 is 4.93. The summed E-state index contributed by atoms with van der Waals surface area (Å²) in [6, 6.07) is 8.85. The van der Waals surface area contributed by atoms with E-state index in [0.29, 0.717) is 0 Å². The first-order valence-corrected chi connectivity index (χ1v) is 18.1. The van der Waals surface area contributed by atoms with E-state index in [1.54, 1.807) is 0 Å². The van der Waals surface area contributed by atoms with E-state index in [4.69, 9.17) is 18.7 Å². The molecule has 7 heteroatoms. The Labute approximate surface area is 258 Å². The predicted octanol–water partition coefficient (Wildman–Crippen LogP) is 11.5. The second-order valence-corrected chi connectivity index (χ2v) is 14.5. The Balaban J connectivity index is 1.62. The van der Waals surface area contributed by atoms with E-state index < -0.39 is 0 Å². The van der Waals surface area contributed by atoms with Crippen LogP contribution in [0.5, 0.6) is 0 Å². The lowest BCUT2D eigenvalue weighted by Gasteiger charge is -2.15. The van der Waals surface area contributed by atoms with E-state index >= 15 is 0 Å². The SMILES string of the molecule is CCCCCCCCc1nc2c(-c3ccc(C)s3)c3nsnc3c(-c3ccc(C)s3)c2nc1CCCCCCCC. The molecule has 4 heterocycles. The second-order valence-electron chi connectivity index (χ2n) is 11.4. The van der Waals surface area contributed by atoms with Crippen LogP contribution >= 0.6 is 34.4 Å². The minimum Gasteiger partial charge on any atom is -0.248 e. The number of rotatable bonds is 16. The van der Waals surface area contributed by atoms with Crippen LogP contribution in [0.15, 0.2) is 24.3 Å². The molecule has 1 aromatic carbocycles. The molecule has 41 heavy (non-hydrogen) atoms. The summed E-state index contributed by atoms with van der Waals surface area (Å²) in [7, 11) is 0. The van der Waals surface area contributed by atoms with Crippen molar-refractivity contribution in [3.8, 4) is 20.9 Å². The highest BCUT2D eigenvalue weighted by Gasteiger charge is 2.25. The maximum atomic E-state index is 5.53. The molecule has 0 saturated carbocycles. The molecule has 0 aliphatic heterocycles. The Morgan fingerprint density at radius 3 is 1.32 bits per heavy atom. The van der Waals surface area contributed by atoms with Gasteiger partial charge in [-0.25, -0.2) is 9.97 Å². The normalized spacial score (nSPS) is 11.8. The summed E-state index contributed by atoms with van der Waals surface area (Å²) in [6.45, 7) is 8.91. The first-order chi connectivity index (χ1) is 20.1. The first kappa shape index (κ1) is 30.2. The summed E-state index contributed by atoms with van der Waals surface area (Å²) in [4.78, 5) is 16.1. The molecule has 4 aromatic heterocycles. The molecule has 4 nitrogen and oxygen atoms in total. The Hall–Kier alpha value is -2.22. The van der Waals surface area contributed by atoms with Gasteiger partial charge in [-0.3, -0.25) is 0 Å². The van der Waals surface area contributed by atoms with Crippen molar-refractivity contribution in [1.29, 1.82) is 0 Å². The second kappa shape index (κ2) is 14.8. The molecule has 218 valence electrons. The summed E-state index contributed by atoms with van der Waals surface area (Å²) < 4.78 is 9.73. The van der Waals surface area contributed by atoms with Gasteiger partial charge in [0.15, 0.2) is 0 Å². The molecule has 5 rings (SSSR count). The maximum Gasteiger partial charge on any atom is 0.116 e. The molecule has 0 spiro atoms. The van der Waals surface area contributed by atoms with E-state index in [0.717, 1.165) is 46.0 Å². The molecule has 0 unspecified atom stereocenters. The number of hydrogen-bond donors (Lipinski definition) is 0. The van der Waals surface area contributed by atoms with Gasteiger partial charge in [-0.1, -0.05) is 78.1 Å². The number of hydrogen-bond acceptors (Lipinski definition) is 7. The number of thiophene rings is 2. The number of aromatic nitrogens is 4. The van der Waals surface area contributed by atoms with Crippen LogP contribution in [0.25, 0.3) is 42.9 Å². The minimum absolute atomic E-state index is 0.967. The van der Waals surface area contributed by atoms with Crippen molar-refractivity contribution in [1.82, 2.24) is 18.7 Å². The van der Waals surface area contributed by atoms with Crippen LogP contribution in [0.2, 0.25) is 0 Å². The quantitative estimate of drug-likeness (QED) is 0.105. The van der Waals surface area contributed by atoms with Crippen LogP contribution in [0.1, 0.15) is 112 Å². The zero-order valence-electron chi connectivity index (χ0n) is 25.2. The van der Waals surface area contributed by atoms with Gasteiger partial charge in [-0.2, -0.15) is 8.75 Å². The van der Waals surface area contributed by atoms with Crippen molar-refractivity contribution >= 4 is 56.5 Å². The zero-order valence-corrected chi connectivity index (χ0v) is 27.7. The van der Waals surface area contributed by atoms with Crippen molar-refractivity contribution < 1.29 is 0 Å². The van der Waals surface area contributed by atoms with Gasteiger partial charge in [0.1, 0.15) is 22.1 Å². The van der Waals surface area contributed by atoms with Crippen LogP contribution in [-0.4, -0.2) is 18.7 Å². The third-order valence-electron chi connectivity index (χ3n) is 7.99. The molecular weight excluding hydrogens is 561 g/mol. The molecular formula is C34H44N4S3. The minimum atomic E-state index is 0.967. The van der Waals surface area contributed by atoms with Crippen LogP contribution in [0, 0.1) is 13.8 Å². The standard InChI is InChI=1S/C34H44N4S3/c1-5-7-9-11-13-15-17-25-26(18-16-14-12-10-8-6-2)36-32-30(28-22-20-24(4)40-28)34-33(37-41-38-34)29(31(32)35-25)27-21-19-23(3)39-27/h19-22H,5-18H2,1-4H3. The third kappa shape index (κ3) is 7.23. The number of aryl methyl sites for hydroxylation is 4. The van der Waals surface area contributed by atoms with Crippen LogP contribution in [0.3, 0.4) is 0 Å². The van der Waals surface area contributed by atoms with E-state index in [1.165, 1.54) is 120 Å². The predicted molar refractivity (Wildman–Crippen MR) is 181 cm³/mol. The lowest BCUT2D eigenvalue weighted by molar-refractivity contribution is 0.593. The molecule has 0 aliphatic carbocycles. The highest BCUT2D eigenvalue weighted by atomic mass is 32.1. The fourth-order valence-electron chi connectivity index (χ4n) is 5.74. The topological polar surface area (TPSA) is 51.6 Å². The summed E-state index contributed by atoms with van der Waals surface area (Å²) in [5.74, 6) is 0. The van der Waals surface area contributed by atoms with Crippen LogP contribution in [0.4, 0.5) is 0 Å². The lowest BCUT2D eigenvalue weighted by atomic mass is 9.99. The van der Waals surface area contributed by atoms with Gasteiger partial charge in [0.2, 0.25) is 0 Å². The van der Waals surface area contributed by atoms with E-state index in [-0.39, 0.29) is 0 Å². The first-order valence-electron chi connectivity index (χ1n) is 15.7. The fourth-order valence-corrected chi connectivity index (χ4v) is 8.13. The van der Waals surface area contributed by atoms with Crippen LogP contribution < -0.4 is 0 Å². The fraction of sp³-hybridized carbons (Fsp3) is 0.529. The van der Waals surface area contributed by atoms with Crippen molar-refractivity contribution in [2.24, 2.45) is 0 Å². The van der Waals surface area contributed by atoms with Gasteiger partial charge in [-0.05, 0) is 63.8 Å². The van der Waals surface area contributed by atoms with Gasteiger partial charge in [0, 0.05) is 30.6 Å². The van der Waals surface area contributed by atoms with Crippen molar-refractivity contribution in [3.63, 3.8) is 0 Å². The average Bonchev–Trinajstić information content (AvgIpc) is 3.73. The Morgan fingerprint density at radius 2 is 0.927 bits per heavy atom. The molecule has 0 atom stereocenters. The lowest BCUT2D eigenvalue weighted by Crippen LogP contribution is -2.05. The molecule has 0 saturated heterocycles. The number of nitrogens with zero attached hydrogens (tertiary/aromatic N) is 4. The van der Waals surface area contributed by atoms with E-state index in [1.807, 2.05) is 22.7 Å². The zero-order chi connectivity index (χ0) is 28.6. The number of fused-ring (bicyclic) bond motifs is 2. The average molecular weight is 605 g/mol. The third-order valence-corrected chi connectivity index (χ3v) is 10.6. The Bertz CT molecular complexity index is 1450. The monoisotopic (exact) mass is 604 g/mol. The molecule has 0 aliphatic rings. The van der Waals surface area contributed by atoms with E-state index in [9.17, 15) is 0 Å². The van der Waals surface area contributed by atoms with Crippen molar-refractivity contribution in [3.05, 3.63) is 45.4 Å². The molecule has 0 radical (unpaired) electrons. The summed E-state index contributed by atoms with van der Waals surface area (Å²) in [6.07, 6.45) is 17.5. The molecule has 0 fully saturated rings. The van der Waals surface area contributed by atoms with Crippen molar-refractivity contribution in [2.45, 2.75) is 118 Å². The largest absolute Gasteiger partial charge is 0.248 e. The number of unbranched alkanes of at least 4 members (excludes halogenated alkanes) is 10. The molecule has 0 N–H and O–H groups in total. The Kier molecular flexibility index (Phi) is 10.9. The van der Waals surface area contributed by atoms with Crippen molar-refractivity contribution in [2.75, 3.05) is 0 Å². The highest BCUT2D eigenvalue weighted by Crippen LogP contribution is 2.45. The van der Waals surface area contributed by atoms with Gasteiger partial charge >= 0.3 is 0 Å². The smallest absolute Gasteiger partial charge is 0.116 e. The highest BCUT2D eigenvalue weighted by molar-refractivity contribution is 7.16. The summed E-state index contributed by atoms with van der Waals surface area (Å²) in [5.41, 5.74) is 8.56. The van der Waals surface area contributed by atoms with E-state index in [2.05, 4.69) is 52.0 Å². The van der Waals surface area contributed by atoms with Gasteiger partial charge in [0.25, 0.3) is 0 Å². The maximum absolute atomic E-state index is 5.53. The molecule has 0 bridgehead atoms. The summed E-state index contributed by atoms with van der Waals surface area (Å²) in [5, 5.41) is 0. The Morgan fingerprint density at radius 1 is 0.512 bits per heavy atom.